The molecule has 1 amide bonds. The van der Waals surface area contributed by atoms with Crippen LogP contribution in [0.5, 0.6) is 5.75 Å². The summed E-state index contributed by atoms with van der Waals surface area (Å²) >= 11 is 12.2. The minimum atomic E-state index is -1.07. The predicted octanol–water partition coefficient (Wildman–Crippen LogP) is 1.90. The average molecular weight is 346 g/mol. The largest absolute Gasteiger partial charge is 0.508 e. The Morgan fingerprint density at radius 1 is 1.32 bits per heavy atom. The van der Waals surface area contributed by atoms with Crippen molar-refractivity contribution in [2.75, 3.05) is 13.2 Å². The zero-order chi connectivity index (χ0) is 16.1. The molecule has 1 atom stereocenters. The lowest BCUT2D eigenvalue weighted by Gasteiger charge is -2.46. The van der Waals surface area contributed by atoms with E-state index in [1.807, 2.05) is 0 Å². The van der Waals surface area contributed by atoms with Crippen LogP contribution in [0, 0.1) is 0 Å². The van der Waals surface area contributed by atoms with Gasteiger partial charge in [-0.05, 0) is 25.0 Å². The third-order valence-electron chi connectivity index (χ3n) is 4.64. The fraction of sp³-hybridized carbons (Fsp3) is 0.533. The number of aromatic hydroxyl groups is 1. The number of phenols is 1. The highest BCUT2D eigenvalue weighted by atomic mass is 35.5. The molecule has 5 nitrogen and oxygen atoms in total. The van der Waals surface area contributed by atoms with Crippen molar-refractivity contribution in [1.82, 2.24) is 4.90 Å². The summed E-state index contributed by atoms with van der Waals surface area (Å²) in [5.41, 5.74) is -0.569. The molecule has 0 aromatic heterocycles. The molecule has 3 rings (SSSR count). The molecule has 1 aliphatic heterocycles. The average Bonchev–Trinajstić information content (AvgIpc) is 2.81. The summed E-state index contributed by atoms with van der Waals surface area (Å²) in [6, 6.07) is 2.92. The Morgan fingerprint density at radius 3 is 2.64 bits per heavy atom. The van der Waals surface area contributed by atoms with Crippen LogP contribution in [0.15, 0.2) is 12.1 Å². The first-order valence-electron chi connectivity index (χ1n) is 7.14. The Balaban J connectivity index is 1.77. The van der Waals surface area contributed by atoms with Gasteiger partial charge in [0.15, 0.2) is 0 Å². The maximum Gasteiger partial charge on any atom is 0.223 e. The van der Waals surface area contributed by atoms with E-state index in [9.17, 15) is 15.0 Å². The SMILES string of the molecule is O=C1C[C@@H](c2c(O)ccc(Cl)c2Cl)CN1[C@H]1C[C@](O)(CO)C1. The quantitative estimate of drug-likeness (QED) is 0.781. The maximum atomic E-state index is 12.2. The van der Waals surface area contributed by atoms with Crippen molar-refractivity contribution in [2.24, 2.45) is 0 Å². The number of hydrogen-bond donors (Lipinski definition) is 3. The van der Waals surface area contributed by atoms with Crippen LogP contribution in [0.25, 0.3) is 0 Å². The van der Waals surface area contributed by atoms with Gasteiger partial charge in [-0.3, -0.25) is 4.79 Å². The summed E-state index contributed by atoms with van der Waals surface area (Å²) in [5.74, 6) is -0.221. The molecule has 1 aromatic rings. The molecule has 1 saturated carbocycles. The number of aliphatic hydroxyl groups is 2. The van der Waals surface area contributed by atoms with E-state index in [2.05, 4.69) is 0 Å². The van der Waals surface area contributed by atoms with Crippen molar-refractivity contribution in [3.05, 3.63) is 27.7 Å². The summed E-state index contributed by atoms with van der Waals surface area (Å²) in [4.78, 5) is 13.9. The van der Waals surface area contributed by atoms with Gasteiger partial charge in [0.1, 0.15) is 5.75 Å². The monoisotopic (exact) mass is 345 g/mol. The maximum absolute atomic E-state index is 12.2. The molecule has 0 unspecified atom stereocenters. The van der Waals surface area contributed by atoms with E-state index < -0.39 is 5.60 Å². The van der Waals surface area contributed by atoms with Crippen LogP contribution in [0.4, 0.5) is 0 Å². The molecule has 2 fully saturated rings. The third kappa shape index (κ3) is 2.56. The van der Waals surface area contributed by atoms with Crippen molar-refractivity contribution >= 4 is 29.1 Å². The zero-order valence-electron chi connectivity index (χ0n) is 11.8. The number of hydrogen-bond acceptors (Lipinski definition) is 4. The lowest BCUT2D eigenvalue weighted by atomic mass is 9.75. The van der Waals surface area contributed by atoms with Crippen LogP contribution >= 0.6 is 23.2 Å². The fourth-order valence-corrected chi connectivity index (χ4v) is 3.87. The normalized spacial score (nSPS) is 31.5. The molecule has 120 valence electrons. The number of halogens is 2. The van der Waals surface area contributed by atoms with E-state index in [1.165, 1.54) is 12.1 Å². The molecule has 1 aliphatic carbocycles. The number of nitrogens with zero attached hydrogens (tertiary/aromatic N) is 1. The van der Waals surface area contributed by atoms with Gasteiger partial charge in [-0.25, -0.2) is 0 Å². The van der Waals surface area contributed by atoms with E-state index in [0.717, 1.165) is 0 Å². The molecular formula is C15H17Cl2NO4. The van der Waals surface area contributed by atoms with Crippen molar-refractivity contribution < 1.29 is 20.1 Å². The summed E-state index contributed by atoms with van der Waals surface area (Å²) in [6.45, 7) is 0.133. The standard InChI is InChI=1S/C15H17Cl2NO4/c16-10-1-2-11(20)13(14(10)17)8-3-12(21)18(6-8)9-4-15(22,5-9)7-19/h1-2,8-9,19-20,22H,3-7H2/t8-,9-,15+/m1/s1. The molecule has 0 bridgehead atoms. The molecule has 1 heterocycles. The third-order valence-corrected chi connectivity index (χ3v) is 5.46. The Labute approximate surface area is 138 Å². The first-order chi connectivity index (χ1) is 10.3. The topological polar surface area (TPSA) is 81.0 Å². The summed E-state index contributed by atoms with van der Waals surface area (Å²) in [6.07, 6.45) is 0.996. The van der Waals surface area contributed by atoms with Gasteiger partial charge in [-0.1, -0.05) is 23.2 Å². The predicted molar refractivity (Wildman–Crippen MR) is 82.3 cm³/mol. The minimum Gasteiger partial charge on any atom is -0.508 e. The fourth-order valence-electron chi connectivity index (χ4n) is 3.39. The number of aliphatic hydroxyl groups excluding tert-OH is 1. The first-order valence-corrected chi connectivity index (χ1v) is 7.90. The van der Waals surface area contributed by atoms with Gasteiger partial charge in [0.25, 0.3) is 0 Å². The molecule has 22 heavy (non-hydrogen) atoms. The number of carbonyl (C=O) groups excluding carboxylic acids is 1. The van der Waals surface area contributed by atoms with Crippen molar-refractivity contribution in [3.63, 3.8) is 0 Å². The Hall–Kier alpha value is -1.01. The number of amides is 1. The van der Waals surface area contributed by atoms with Gasteiger partial charge in [-0.2, -0.15) is 0 Å². The van der Waals surface area contributed by atoms with Crippen LogP contribution in [0.1, 0.15) is 30.7 Å². The van der Waals surface area contributed by atoms with Gasteiger partial charge in [0.05, 0.1) is 22.3 Å². The van der Waals surface area contributed by atoms with Gasteiger partial charge >= 0.3 is 0 Å². The van der Waals surface area contributed by atoms with Gasteiger partial charge < -0.3 is 20.2 Å². The van der Waals surface area contributed by atoms with Gasteiger partial charge in [0.2, 0.25) is 5.91 Å². The van der Waals surface area contributed by atoms with E-state index in [-0.39, 0.29) is 41.7 Å². The molecule has 1 aromatic carbocycles. The second-order valence-corrected chi connectivity index (χ2v) is 6.97. The van der Waals surface area contributed by atoms with E-state index in [0.29, 0.717) is 30.0 Å². The summed E-state index contributed by atoms with van der Waals surface area (Å²) in [7, 11) is 0. The van der Waals surface area contributed by atoms with Gasteiger partial charge in [0, 0.05) is 30.5 Å². The highest BCUT2D eigenvalue weighted by Gasteiger charge is 2.48. The highest BCUT2D eigenvalue weighted by molar-refractivity contribution is 6.42. The van der Waals surface area contributed by atoms with E-state index >= 15 is 0 Å². The van der Waals surface area contributed by atoms with Crippen molar-refractivity contribution in [3.8, 4) is 5.75 Å². The lowest BCUT2D eigenvalue weighted by molar-refractivity contribution is -0.146. The zero-order valence-corrected chi connectivity index (χ0v) is 13.3. The number of phenolic OH excluding ortho intramolecular Hbond substituents is 1. The van der Waals surface area contributed by atoms with Crippen LogP contribution < -0.4 is 0 Å². The van der Waals surface area contributed by atoms with E-state index in [4.69, 9.17) is 28.3 Å². The van der Waals surface area contributed by atoms with Gasteiger partial charge in [-0.15, -0.1) is 0 Å². The van der Waals surface area contributed by atoms with E-state index in [1.54, 1.807) is 4.90 Å². The molecule has 7 heteroatoms. The number of likely N-dealkylation sites (tertiary alicyclic amines) is 1. The highest BCUT2D eigenvalue weighted by Crippen LogP contribution is 2.44. The number of rotatable bonds is 3. The second-order valence-electron chi connectivity index (χ2n) is 6.19. The van der Waals surface area contributed by atoms with Crippen LogP contribution in [0.2, 0.25) is 10.0 Å². The summed E-state index contributed by atoms with van der Waals surface area (Å²) < 4.78 is 0. The smallest absolute Gasteiger partial charge is 0.223 e. The molecule has 3 N–H and O–H groups in total. The molecule has 1 saturated heterocycles. The first kappa shape index (κ1) is 15.9. The van der Waals surface area contributed by atoms with Crippen LogP contribution in [-0.4, -0.2) is 50.9 Å². The minimum absolute atomic E-state index is 0.0366. The molecule has 0 spiro atoms. The van der Waals surface area contributed by atoms with Crippen LogP contribution in [-0.2, 0) is 4.79 Å². The summed E-state index contributed by atoms with van der Waals surface area (Å²) in [5, 5.41) is 29.6. The second kappa shape index (κ2) is 5.57. The Bertz CT molecular complexity index is 616. The molecule has 0 radical (unpaired) electrons. The Morgan fingerprint density at radius 2 is 2.00 bits per heavy atom. The molecular weight excluding hydrogens is 329 g/mol. The lowest BCUT2D eigenvalue weighted by Crippen LogP contribution is -2.57. The van der Waals surface area contributed by atoms with Crippen molar-refractivity contribution in [1.29, 1.82) is 0 Å². The molecule has 2 aliphatic rings. The van der Waals surface area contributed by atoms with Crippen molar-refractivity contribution in [2.45, 2.75) is 36.8 Å². The Kier molecular flexibility index (Phi) is 4.01. The number of benzene rings is 1. The van der Waals surface area contributed by atoms with Crippen LogP contribution in [0.3, 0.4) is 0 Å². The number of carbonyl (C=O) groups is 1.